The van der Waals surface area contributed by atoms with Crippen LogP contribution in [0.1, 0.15) is 27.7 Å². The molecule has 1 aliphatic heterocycles. The molecule has 650 valence electrons. The van der Waals surface area contributed by atoms with Gasteiger partial charge >= 0.3 is 7.12 Å². The Kier molecular flexibility index (Phi) is 23.3. The summed E-state index contributed by atoms with van der Waals surface area (Å²) in [5, 5.41) is 56.0. The predicted octanol–water partition coefficient (Wildman–Crippen LogP) is 34.4. The quantitative estimate of drug-likeness (QED) is 0.0734. The van der Waals surface area contributed by atoms with E-state index in [1.807, 2.05) is 101 Å². The number of nitrogens with zero attached hydrogens (tertiary/aromatic N) is 2. The number of aromatic nitrogens is 1. The summed E-state index contributed by atoms with van der Waals surface area (Å²) in [4.78, 5) is 26.2. The van der Waals surface area contributed by atoms with Crippen molar-refractivity contribution in [3.63, 3.8) is 0 Å². The molecule has 26 aromatic rings. The summed E-state index contributed by atoms with van der Waals surface area (Å²) >= 11 is 14.2. The van der Waals surface area contributed by atoms with Crippen LogP contribution >= 0.6 is 85.1 Å². The van der Waals surface area contributed by atoms with Crippen molar-refractivity contribution in [1.82, 2.24) is 4.98 Å². The summed E-state index contributed by atoms with van der Waals surface area (Å²) in [5.41, 5.74) is 4.81. The molecule has 1 fully saturated rings. The monoisotopic (exact) mass is 1960 g/mol. The van der Waals surface area contributed by atoms with E-state index in [2.05, 4.69) is 392 Å². The lowest BCUT2D eigenvalue weighted by atomic mass is 9.75. The summed E-state index contributed by atoms with van der Waals surface area (Å²) in [6.07, 6.45) is 0. The first-order chi connectivity index (χ1) is 66.0. The molecule has 27 rings (SSSR count). The molecule has 0 saturated carbocycles. The van der Waals surface area contributed by atoms with Crippen molar-refractivity contribution in [2.45, 2.75) is 38.9 Å². The standard InChI is InChI=1S/C26H15NO2S.C26H15NS.C22H21BO2S.C18H15P.C16H9BrS.C10H6BrNO2/c28-27(29)26-17-8-2-1-7-16(17)13-14-20(26)22-15-24-25(19-10-4-3-9-18(19)22)21-11-5-6-12-23(21)30-24;1-2-8-16-15(7-1)13-14-20-22-17-9-3-4-10-18(17)23-19-11-5-6-12-21(19)28-26(23)25(22)27-24(16)20;1-21(2)22(3,4)25-23(24-21)17-13-19-20(15-10-6-5-9-14(15)17)16-11-7-8-12-18(16)26-19;1-4-10-16(11-5-1)19(17-12-6-2-7-13-17)18-14-8-3-9-15-18;17-13-9-15-16(11-6-2-1-5-10(11)13)12-7-3-4-8-14(12)18-15;11-9-6-5-7-3-1-2-4-8(7)10(9)12(13)14/h1-15H;1-14,27H;5-13H,1-4H3;1-15H;1-9H;1-6H. The summed E-state index contributed by atoms with van der Waals surface area (Å²) in [6, 6.07) is 143. The normalized spacial score (nSPS) is 12.9. The van der Waals surface area contributed by atoms with Gasteiger partial charge in [0, 0.05) is 96.6 Å². The van der Waals surface area contributed by atoms with Gasteiger partial charge in [0.15, 0.2) is 0 Å². The molecule has 0 amide bonds. The fourth-order valence-electron chi connectivity index (χ4n) is 19.2. The molecule has 135 heavy (non-hydrogen) atoms. The highest BCUT2D eigenvalue weighted by molar-refractivity contribution is 9.11. The largest absolute Gasteiger partial charge is 0.495 e. The van der Waals surface area contributed by atoms with Crippen molar-refractivity contribution >= 4 is 303 Å². The number of halogens is 2. The minimum atomic E-state index is -0.446. The Bertz CT molecular complexity index is 9070. The Balaban J connectivity index is 0.0000000957. The lowest BCUT2D eigenvalue weighted by Crippen LogP contribution is -2.41. The maximum Gasteiger partial charge on any atom is 0.495 e. The Hall–Kier alpha value is -13.7. The van der Waals surface area contributed by atoms with E-state index in [1.165, 1.54) is 161 Å². The SMILES string of the molecule is Brc1cc2sc3ccccc3c2c2ccccc12.CC1(C)OB(c2cc3sc4ccccc4c3c3ccccc23)OC1(C)C.O=[N+]([O-])c1c(-c2cc3sc4ccccc4c3c3ccccc23)ccc2ccccc12.O=[N+]([O-])c1c(Br)ccc2ccccc12.c1ccc(P(c2ccccc2)c2ccccc2)cc1.c1ccc2c(c1)ccc1c2[nH]c2c3sc4ccccc4c3c3ccccc3c12. The molecule has 0 unspecified atom stereocenters. The van der Waals surface area contributed by atoms with Crippen LogP contribution in [-0.2, 0) is 9.31 Å². The van der Waals surface area contributed by atoms with Gasteiger partial charge in [-0.1, -0.05) is 362 Å². The van der Waals surface area contributed by atoms with E-state index in [-0.39, 0.29) is 39.5 Å². The number of hydrogen-bond donors (Lipinski definition) is 1. The molecule has 5 aromatic heterocycles. The predicted molar refractivity (Wildman–Crippen MR) is 591 cm³/mol. The van der Waals surface area contributed by atoms with Crippen LogP contribution in [0.25, 0.3) is 189 Å². The molecule has 21 aromatic carbocycles. The fraction of sp³-hybridized carbons (Fsp3) is 0.0508. The lowest BCUT2D eigenvalue weighted by Gasteiger charge is -2.32. The van der Waals surface area contributed by atoms with Crippen LogP contribution in [0.4, 0.5) is 11.4 Å². The van der Waals surface area contributed by atoms with Gasteiger partial charge in [0.25, 0.3) is 11.4 Å². The first-order valence-corrected chi connectivity index (χ1v) is 50.8. The lowest BCUT2D eigenvalue weighted by molar-refractivity contribution is -0.383. The zero-order chi connectivity index (χ0) is 91.7. The van der Waals surface area contributed by atoms with Gasteiger partial charge in [-0.25, -0.2) is 0 Å². The average Bonchev–Trinajstić information content (AvgIpc) is 1.56. The topological polar surface area (TPSA) is 121 Å². The molecule has 17 heteroatoms. The van der Waals surface area contributed by atoms with Crippen LogP contribution in [0.2, 0.25) is 0 Å². The third-order valence-corrected chi connectivity index (χ3v) is 34.4. The van der Waals surface area contributed by atoms with Gasteiger partial charge in [-0.2, -0.15) is 0 Å². The van der Waals surface area contributed by atoms with Crippen LogP contribution < -0.4 is 21.4 Å². The highest BCUT2D eigenvalue weighted by Gasteiger charge is 2.52. The van der Waals surface area contributed by atoms with E-state index in [1.54, 1.807) is 29.5 Å². The Morgan fingerprint density at radius 3 is 1.11 bits per heavy atom. The highest BCUT2D eigenvalue weighted by Crippen LogP contribution is 2.51. The van der Waals surface area contributed by atoms with Crippen LogP contribution in [0.5, 0.6) is 0 Å². The van der Waals surface area contributed by atoms with Crippen LogP contribution in [-0.4, -0.2) is 33.2 Å². The molecule has 0 atom stereocenters. The number of nitro groups is 2. The van der Waals surface area contributed by atoms with Crippen molar-refractivity contribution in [1.29, 1.82) is 0 Å². The molecular formula is C118H81BBr2N3O6PS4. The number of H-pyrrole nitrogens is 1. The van der Waals surface area contributed by atoms with Gasteiger partial charge in [-0.05, 0) is 204 Å². The smallest absolute Gasteiger partial charge is 0.399 e. The molecule has 0 radical (unpaired) electrons. The number of nitro benzene ring substituents is 2. The third-order valence-electron chi connectivity index (χ3n) is 26.1. The Morgan fingerprint density at radius 2 is 0.622 bits per heavy atom. The summed E-state index contributed by atoms with van der Waals surface area (Å²) in [5.74, 6) is 0. The summed E-state index contributed by atoms with van der Waals surface area (Å²) < 4.78 is 24.8. The second-order valence-electron chi connectivity index (χ2n) is 34.5. The van der Waals surface area contributed by atoms with Crippen LogP contribution in [0.3, 0.4) is 0 Å². The van der Waals surface area contributed by atoms with E-state index in [0.29, 0.717) is 20.8 Å². The molecule has 0 spiro atoms. The number of aromatic amines is 1. The number of fused-ring (bicyclic) bond motifs is 29. The summed E-state index contributed by atoms with van der Waals surface area (Å²) in [6.45, 7) is 8.42. The molecule has 1 saturated heterocycles. The van der Waals surface area contributed by atoms with Crippen molar-refractivity contribution in [3.05, 3.63) is 442 Å². The van der Waals surface area contributed by atoms with Crippen LogP contribution in [0, 0.1) is 20.2 Å². The number of rotatable bonds is 7. The van der Waals surface area contributed by atoms with Crippen molar-refractivity contribution in [2.75, 3.05) is 0 Å². The molecule has 0 bridgehead atoms. The van der Waals surface area contributed by atoms with Crippen molar-refractivity contribution in [3.8, 4) is 11.1 Å². The first kappa shape index (κ1) is 86.7. The average molecular weight is 1970 g/mol. The minimum Gasteiger partial charge on any atom is -0.399 e. The van der Waals surface area contributed by atoms with E-state index in [0.717, 1.165) is 37.3 Å². The van der Waals surface area contributed by atoms with Gasteiger partial charge in [-0.3, -0.25) is 20.2 Å². The van der Waals surface area contributed by atoms with Gasteiger partial charge in [0.05, 0.1) is 57.6 Å². The minimum absolute atomic E-state index is 0.128. The van der Waals surface area contributed by atoms with E-state index < -0.39 is 7.92 Å². The third kappa shape index (κ3) is 15.9. The van der Waals surface area contributed by atoms with Crippen LogP contribution in [0.15, 0.2) is 421 Å². The van der Waals surface area contributed by atoms with E-state index in [4.69, 9.17) is 9.31 Å². The van der Waals surface area contributed by atoms with Crippen molar-refractivity contribution in [2.24, 2.45) is 0 Å². The molecule has 0 aliphatic carbocycles. The van der Waals surface area contributed by atoms with Gasteiger partial charge in [0.1, 0.15) is 0 Å². The molecule has 6 heterocycles. The Labute approximate surface area is 811 Å². The number of nitrogens with one attached hydrogen (secondary N) is 1. The summed E-state index contributed by atoms with van der Waals surface area (Å²) in [7, 11) is -0.794. The zero-order valence-electron chi connectivity index (χ0n) is 73.5. The van der Waals surface area contributed by atoms with E-state index >= 15 is 0 Å². The Morgan fingerprint density at radius 1 is 0.281 bits per heavy atom. The zero-order valence-corrected chi connectivity index (χ0v) is 80.8. The number of benzene rings is 21. The maximum atomic E-state index is 12.2. The second kappa shape index (κ2) is 36.3. The van der Waals surface area contributed by atoms with Gasteiger partial charge in [0.2, 0.25) is 0 Å². The van der Waals surface area contributed by atoms with Gasteiger partial charge in [-0.15, -0.1) is 45.3 Å². The molecule has 9 nitrogen and oxygen atoms in total. The fourth-order valence-corrected chi connectivity index (χ4v) is 27.4. The first-order valence-electron chi connectivity index (χ1n) is 44.6. The van der Waals surface area contributed by atoms with Crippen molar-refractivity contribution < 1.29 is 19.2 Å². The number of thiophene rings is 4. The molecular weight excluding hydrogens is 1890 g/mol. The second-order valence-corrected chi connectivity index (χ2v) is 42.7. The van der Waals surface area contributed by atoms with Gasteiger partial charge < -0.3 is 14.3 Å². The molecule has 1 aliphatic rings. The highest BCUT2D eigenvalue weighted by atomic mass is 79.9. The number of hydrogen-bond acceptors (Lipinski definition) is 10. The maximum absolute atomic E-state index is 12.2. The molecule has 1 N–H and O–H groups in total. The van der Waals surface area contributed by atoms with E-state index in [9.17, 15) is 20.2 Å².